The number of benzene rings is 1. The molecular formula is C17H31N3O+2. The Morgan fingerprint density at radius 3 is 2.57 bits per heavy atom. The number of carbonyl (C=O) groups is 1. The fourth-order valence-corrected chi connectivity index (χ4v) is 2.24. The first-order valence-electron chi connectivity index (χ1n) is 7.97. The minimum absolute atomic E-state index is 0.0608. The second-order valence-corrected chi connectivity index (χ2v) is 6.16. The predicted molar refractivity (Wildman–Crippen MR) is 87.7 cm³/mol. The lowest BCUT2D eigenvalue weighted by Crippen LogP contribution is -3.10. The van der Waals surface area contributed by atoms with E-state index in [2.05, 4.69) is 44.6 Å². The van der Waals surface area contributed by atoms with Crippen LogP contribution in [0.2, 0.25) is 0 Å². The van der Waals surface area contributed by atoms with E-state index >= 15 is 0 Å². The third-order valence-electron chi connectivity index (χ3n) is 3.94. The first-order chi connectivity index (χ1) is 9.95. The average Bonchev–Trinajstić information content (AvgIpc) is 2.46. The summed E-state index contributed by atoms with van der Waals surface area (Å²) in [5.41, 5.74) is 2.17. The monoisotopic (exact) mass is 293 g/mol. The molecule has 0 aromatic heterocycles. The van der Waals surface area contributed by atoms with Crippen molar-refractivity contribution in [2.45, 2.75) is 39.2 Å². The summed E-state index contributed by atoms with van der Waals surface area (Å²) in [4.78, 5) is 13.7. The molecule has 0 fully saturated rings. The second-order valence-electron chi connectivity index (χ2n) is 6.16. The van der Waals surface area contributed by atoms with Crippen molar-refractivity contribution in [3.63, 3.8) is 0 Å². The van der Waals surface area contributed by atoms with E-state index in [4.69, 9.17) is 0 Å². The van der Waals surface area contributed by atoms with Crippen molar-refractivity contribution < 1.29 is 15.0 Å². The lowest BCUT2D eigenvalue weighted by molar-refractivity contribution is -0.875. The molecule has 0 spiro atoms. The molecule has 0 bridgehead atoms. The van der Waals surface area contributed by atoms with Gasteiger partial charge in [-0.1, -0.05) is 32.0 Å². The number of nitrogens with two attached hydrogens (primary N) is 1. The second kappa shape index (κ2) is 8.80. The molecule has 0 radical (unpaired) electrons. The average molecular weight is 293 g/mol. The van der Waals surface area contributed by atoms with E-state index in [0.717, 1.165) is 25.2 Å². The number of amides is 1. The van der Waals surface area contributed by atoms with Crippen LogP contribution in [0.25, 0.3) is 0 Å². The predicted octanol–water partition coefficient (Wildman–Crippen LogP) is 0.235. The Balaban J connectivity index is 2.62. The van der Waals surface area contributed by atoms with Gasteiger partial charge in [0.1, 0.15) is 13.1 Å². The molecular weight excluding hydrogens is 262 g/mol. The maximum absolute atomic E-state index is 12.3. The van der Waals surface area contributed by atoms with Gasteiger partial charge >= 0.3 is 0 Å². The number of para-hydroxylation sites is 1. The molecule has 21 heavy (non-hydrogen) atoms. The van der Waals surface area contributed by atoms with Crippen molar-refractivity contribution in [1.82, 2.24) is 0 Å². The lowest BCUT2D eigenvalue weighted by Gasteiger charge is -2.17. The minimum atomic E-state index is -0.0608. The van der Waals surface area contributed by atoms with Gasteiger partial charge in [-0.25, -0.2) is 0 Å². The van der Waals surface area contributed by atoms with Crippen molar-refractivity contribution in [2.24, 2.45) is 0 Å². The van der Waals surface area contributed by atoms with Crippen LogP contribution in [0.1, 0.15) is 38.7 Å². The largest absolute Gasteiger partial charge is 0.335 e. The molecule has 4 heteroatoms. The van der Waals surface area contributed by atoms with Crippen LogP contribution in [0.3, 0.4) is 0 Å². The van der Waals surface area contributed by atoms with E-state index < -0.39 is 0 Å². The van der Waals surface area contributed by atoms with Crippen LogP contribution in [-0.2, 0) is 4.79 Å². The molecule has 1 amide bonds. The van der Waals surface area contributed by atoms with Gasteiger partial charge in [0.15, 0.2) is 6.04 Å². The first-order valence-corrected chi connectivity index (χ1v) is 7.97. The summed E-state index contributed by atoms with van der Waals surface area (Å²) in [5.74, 6) is 0.539. The quantitative estimate of drug-likeness (QED) is 0.632. The SMILES string of the molecule is CC[C@H](C)c1ccccc1NC(=O)[C@@H](C)[NH2+]CC[NH+](C)C. The first kappa shape index (κ1) is 17.7. The maximum Gasteiger partial charge on any atom is 0.282 e. The Morgan fingerprint density at radius 1 is 1.29 bits per heavy atom. The molecule has 118 valence electrons. The van der Waals surface area contributed by atoms with Crippen LogP contribution in [0, 0.1) is 0 Å². The molecule has 0 aliphatic carbocycles. The molecule has 1 rings (SSSR count). The number of hydrogen-bond acceptors (Lipinski definition) is 1. The van der Waals surface area contributed by atoms with Gasteiger partial charge < -0.3 is 15.5 Å². The van der Waals surface area contributed by atoms with Crippen molar-refractivity contribution in [3.8, 4) is 0 Å². The van der Waals surface area contributed by atoms with Gasteiger partial charge in [0.05, 0.1) is 14.1 Å². The van der Waals surface area contributed by atoms with Crippen molar-refractivity contribution in [1.29, 1.82) is 0 Å². The third-order valence-corrected chi connectivity index (χ3v) is 3.94. The molecule has 1 aromatic rings. The standard InChI is InChI=1S/C17H29N3O/c1-6-13(2)15-9-7-8-10-16(15)19-17(21)14(3)18-11-12-20(4)5/h7-10,13-14,18H,6,11-12H2,1-5H3,(H,19,21)/p+2/t13-,14+/m0/s1. The molecule has 2 atom stereocenters. The van der Waals surface area contributed by atoms with E-state index in [-0.39, 0.29) is 11.9 Å². The van der Waals surface area contributed by atoms with E-state index in [1.54, 1.807) is 0 Å². The lowest BCUT2D eigenvalue weighted by atomic mass is 9.97. The number of quaternary nitrogens is 2. The zero-order chi connectivity index (χ0) is 15.8. The Kier molecular flexibility index (Phi) is 7.40. The maximum atomic E-state index is 12.3. The molecule has 1 aromatic carbocycles. The normalized spacial score (nSPS) is 14.0. The van der Waals surface area contributed by atoms with Crippen molar-refractivity contribution in [3.05, 3.63) is 29.8 Å². The third kappa shape index (κ3) is 5.86. The van der Waals surface area contributed by atoms with Gasteiger partial charge in [-0.3, -0.25) is 4.79 Å². The molecule has 0 aliphatic rings. The Hall–Kier alpha value is -1.39. The summed E-state index contributed by atoms with van der Waals surface area (Å²) < 4.78 is 0. The van der Waals surface area contributed by atoms with E-state index in [0.29, 0.717) is 5.92 Å². The molecule has 0 saturated carbocycles. The Morgan fingerprint density at radius 2 is 1.95 bits per heavy atom. The van der Waals surface area contributed by atoms with Gasteiger partial charge in [-0.2, -0.15) is 0 Å². The van der Waals surface area contributed by atoms with E-state index in [1.807, 2.05) is 25.1 Å². The van der Waals surface area contributed by atoms with Gasteiger partial charge in [-0.05, 0) is 30.9 Å². The fraction of sp³-hybridized carbons (Fsp3) is 0.588. The van der Waals surface area contributed by atoms with Crippen LogP contribution in [0.4, 0.5) is 5.69 Å². The molecule has 0 heterocycles. The molecule has 0 saturated heterocycles. The van der Waals surface area contributed by atoms with E-state index in [9.17, 15) is 4.79 Å². The van der Waals surface area contributed by atoms with Crippen LogP contribution in [-0.4, -0.2) is 39.1 Å². The molecule has 4 nitrogen and oxygen atoms in total. The summed E-state index contributed by atoms with van der Waals surface area (Å²) in [5, 5.41) is 5.19. The highest BCUT2D eigenvalue weighted by molar-refractivity contribution is 5.94. The number of likely N-dealkylation sites (N-methyl/N-ethyl adjacent to an activating group) is 1. The van der Waals surface area contributed by atoms with Crippen LogP contribution < -0.4 is 15.5 Å². The van der Waals surface area contributed by atoms with Gasteiger partial charge in [-0.15, -0.1) is 0 Å². The minimum Gasteiger partial charge on any atom is -0.335 e. The summed E-state index contributed by atoms with van der Waals surface area (Å²) in [7, 11) is 4.25. The highest BCUT2D eigenvalue weighted by atomic mass is 16.2. The zero-order valence-corrected chi connectivity index (χ0v) is 14.1. The number of hydrogen-bond donors (Lipinski definition) is 3. The summed E-state index contributed by atoms with van der Waals surface area (Å²) in [6.45, 7) is 8.35. The summed E-state index contributed by atoms with van der Waals surface area (Å²) >= 11 is 0. The highest BCUT2D eigenvalue weighted by Gasteiger charge is 2.18. The van der Waals surface area contributed by atoms with Crippen molar-refractivity contribution >= 4 is 11.6 Å². The van der Waals surface area contributed by atoms with E-state index in [1.165, 1.54) is 10.5 Å². The topological polar surface area (TPSA) is 50.1 Å². The van der Waals surface area contributed by atoms with Crippen LogP contribution in [0.15, 0.2) is 24.3 Å². The van der Waals surface area contributed by atoms with Crippen LogP contribution in [0.5, 0.6) is 0 Å². The molecule has 0 unspecified atom stereocenters. The summed E-state index contributed by atoms with van der Waals surface area (Å²) in [6, 6.07) is 8.05. The highest BCUT2D eigenvalue weighted by Crippen LogP contribution is 2.26. The molecule has 4 N–H and O–H groups in total. The zero-order valence-electron chi connectivity index (χ0n) is 14.1. The number of anilines is 1. The smallest absolute Gasteiger partial charge is 0.282 e. The van der Waals surface area contributed by atoms with Gasteiger partial charge in [0.25, 0.3) is 5.91 Å². The Labute approximate surface area is 128 Å². The van der Waals surface area contributed by atoms with Crippen LogP contribution >= 0.6 is 0 Å². The van der Waals surface area contributed by atoms with Gasteiger partial charge in [0.2, 0.25) is 0 Å². The van der Waals surface area contributed by atoms with Gasteiger partial charge in [0, 0.05) is 5.69 Å². The molecule has 0 aliphatic heterocycles. The Bertz CT molecular complexity index is 445. The summed E-state index contributed by atoms with van der Waals surface area (Å²) in [6.07, 6.45) is 1.07. The fourth-order valence-electron chi connectivity index (χ4n) is 2.24. The van der Waals surface area contributed by atoms with Crippen molar-refractivity contribution in [2.75, 3.05) is 32.5 Å². The number of rotatable bonds is 8. The number of carbonyl (C=O) groups excluding carboxylic acids is 1. The number of nitrogens with one attached hydrogen (secondary N) is 2.